The zero-order valence-electron chi connectivity index (χ0n) is 13.9. The first-order valence-corrected chi connectivity index (χ1v) is 8.48. The second-order valence-electron chi connectivity index (χ2n) is 6.25. The molecule has 0 saturated carbocycles. The van der Waals surface area contributed by atoms with Crippen LogP contribution in [0.4, 0.5) is 0 Å². The Morgan fingerprint density at radius 2 is 1.24 bits per heavy atom. The third kappa shape index (κ3) is 2.14. The summed E-state index contributed by atoms with van der Waals surface area (Å²) in [5.41, 5.74) is 3.83. The number of fused-ring (bicyclic) bond motifs is 2. The molecule has 8 heteroatoms. The van der Waals surface area contributed by atoms with Gasteiger partial charge in [-0.15, -0.1) is 10.2 Å². The summed E-state index contributed by atoms with van der Waals surface area (Å²) in [6, 6.07) is 16.0. The highest BCUT2D eigenvalue weighted by Crippen LogP contribution is 2.19. The minimum Gasteiger partial charge on any atom is -0.271 e. The van der Waals surface area contributed by atoms with Gasteiger partial charge in [-0.2, -0.15) is 9.58 Å². The van der Waals surface area contributed by atoms with Crippen LogP contribution in [0.3, 0.4) is 0 Å². The smallest absolute Gasteiger partial charge is 0.131 e. The average Bonchev–Trinajstić information content (AvgIpc) is 3.26. The van der Waals surface area contributed by atoms with Gasteiger partial charge in [0.05, 0.1) is 0 Å². The van der Waals surface area contributed by atoms with Crippen molar-refractivity contribution in [1.29, 1.82) is 0 Å². The maximum atomic E-state index is 4.37. The van der Waals surface area contributed by atoms with Crippen molar-refractivity contribution >= 4 is 22.1 Å². The van der Waals surface area contributed by atoms with Crippen molar-refractivity contribution in [3.63, 3.8) is 0 Å². The van der Waals surface area contributed by atoms with Crippen molar-refractivity contribution in [1.82, 2.24) is 30.2 Å². The Morgan fingerprint density at radius 3 is 1.76 bits per heavy atom. The van der Waals surface area contributed by atoms with E-state index in [1.54, 1.807) is 0 Å². The van der Waals surface area contributed by atoms with Crippen LogP contribution >= 0.6 is 0 Å². The molecule has 0 N–H and O–H groups in total. The van der Waals surface area contributed by atoms with Crippen LogP contribution in [0.2, 0.25) is 0 Å². The molecule has 0 spiro atoms. The summed E-state index contributed by atoms with van der Waals surface area (Å²) in [4.78, 5) is 3.82. The molecule has 0 amide bonds. The Labute approximate surface area is 144 Å². The van der Waals surface area contributed by atoms with Gasteiger partial charge in [0.25, 0.3) is 0 Å². The van der Waals surface area contributed by atoms with E-state index in [1.165, 1.54) is 0 Å². The van der Waals surface area contributed by atoms with Gasteiger partial charge in [-0.3, -0.25) is 10.0 Å². The highest BCUT2D eigenvalue weighted by Gasteiger charge is 2.29. The van der Waals surface area contributed by atoms with E-state index >= 15 is 0 Å². The molecule has 8 nitrogen and oxygen atoms in total. The Kier molecular flexibility index (Phi) is 3.09. The van der Waals surface area contributed by atoms with E-state index in [2.05, 4.69) is 37.6 Å². The molecule has 2 aromatic carbocycles. The van der Waals surface area contributed by atoms with E-state index in [1.807, 2.05) is 58.1 Å². The van der Waals surface area contributed by atoms with E-state index in [4.69, 9.17) is 0 Å². The van der Waals surface area contributed by atoms with E-state index in [0.29, 0.717) is 0 Å². The largest absolute Gasteiger partial charge is 0.271 e. The first kappa shape index (κ1) is 14.2. The normalized spacial score (nSPS) is 16.2. The van der Waals surface area contributed by atoms with Gasteiger partial charge in [0, 0.05) is 13.1 Å². The Hall–Kier alpha value is -3.16. The fourth-order valence-corrected chi connectivity index (χ4v) is 3.52. The predicted molar refractivity (Wildman–Crippen MR) is 95.3 cm³/mol. The second-order valence-corrected chi connectivity index (χ2v) is 6.25. The number of hydrogen-bond donors (Lipinski definition) is 0. The molecular weight excluding hydrogens is 316 g/mol. The molecular formula is C17H18N8. The summed E-state index contributed by atoms with van der Waals surface area (Å²) in [6.45, 7) is 3.99. The molecule has 1 fully saturated rings. The molecule has 126 valence electrons. The molecule has 0 radical (unpaired) electrons. The van der Waals surface area contributed by atoms with Crippen molar-refractivity contribution in [2.45, 2.75) is 19.5 Å². The lowest BCUT2D eigenvalue weighted by Crippen LogP contribution is -2.61. The number of aromatic nitrogens is 6. The molecule has 2 aromatic heterocycles. The van der Waals surface area contributed by atoms with Crippen molar-refractivity contribution < 1.29 is 0 Å². The van der Waals surface area contributed by atoms with Gasteiger partial charge in [-0.1, -0.05) is 24.3 Å². The summed E-state index contributed by atoms with van der Waals surface area (Å²) in [6.07, 6.45) is 1.08. The van der Waals surface area contributed by atoms with Crippen LogP contribution in [0.1, 0.15) is 13.3 Å². The van der Waals surface area contributed by atoms with Crippen LogP contribution in [-0.2, 0) is 0 Å². The van der Waals surface area contributed by atoms with E-state index in [0.717, 1.165) is 41.6 Å². The topological polar surface area (TPSA) is 67.9 Å². The maximum Gasteiger partial charge on any atom is 0.131 e. The van der Waals surface area contributed by atoms with Crippen LogP contribution in [0.15, 0.2) is 48.5 Å². The minimum absolute atomic E-state index is 0.0731. The van der Waals surface area contributed by atoms with Crippen LogP contribution < -0.4 is 10.0 Å². The van der Waals surface area contributed by atoms with Gasteiger partial charge in [-0.25, -0.2) is 0 Å². The summed E-state index contributed by atoms with van der Waals surface area (Å²) >= 11 is 0. The van der Waals surface area contributed by atoms with Crippen molar-refractivity contribution in [2.24, 2.45) is 0 Å². The number of nitrogens with zero attached hydrogens (tertiary/aromatic N) is 8. The van der Waals surface area contributed by atoms with Gasteiger partial charge in [-0.05, 0) is 48.0 Å². The zero-order valence-corrected chi connectivity index (χ0v) is 13.9. The van der Waals surface area contributed by atoms with E-state index < -0.39 is 0 Å². The minimum atomic E-state index is 0.0731. The van der Waals surface area contributed by atoms with Gasteiger partial charge < -0.3 is 0 Å². The van der Waals surface area contributed by atoms with E-state index in [9.17, 15) is 0 Å². The standard InChI is InChI=1S/C17H18N8/c1-13-22(24-16-9-4-2-7-14(16)18-20-24)11-6-12-23(13)25-17-10-5-3-8-15(17)19-21-25/h2-5,7-10,13H,6,11-12H2,1H3. The number of benzene rings is 2. The number of rotatable bonds is 2. The molecule has 0 bridgehead atoms. The number of para-hydroxylation sites is 2. The summed E-state index contributed by atoms with van der Waals surface area (Å²) < 4.78 is 0. The average molecular weight is 334 g/mol. The lowest BCUT2D eigenvalue weighted by atomic mass is 10.3. The van der Waals surface area contributed by atoms with Gasteiger partial charge in [0.2, 0.25) is 0 Å². The highest BCUT2D eigenvalue weighted by atomic mass is 15.8. The summed E-state index contributed by atoms with van der Waals surface area (Å²) in [5, 5.41) is 21.7. The molecule has 3 heterocycles. The SMILES string of the molecule is CC1N(n2nnc3ccccc32)CCCN1n1nnc2ccccc21. The van der Waals surface area contributed by atoms with Crippen LogP contribution in [-0.4, -0.2) is 49.5 Å². The zero-order chi connectivity index (χ0) is 16.8. The van der Waals surface area contributed by atoms with E-state index in [-0.39, 0.29) is 6.17 Å². The number of hydrogen-bond acceptors (Lipinski definition) is 6. The molecule has 1 aliphatic heterocycles. The van der Waals surface area contributed by atoms with Crippen LogP contribution in [0.25, 0.3) is 22.1 Å². The lowest BCUT2D eigenvalue weighted by molar-refractivity contribution is 0.330. The van der Waals surface area contributed by atoms with Crippen molar-refractivity contribution in [3.8, 4) is 0 Å². The third-order valence-corrected chi connectivity index (χ3v) is 4.79. The first-order valence-electron chi connectivity index (χ1n) is 8.48. The van der Waals surface area contributed by atoms with Crippen LogP contribution in [0, 0.1) is 0 Å². The fraction of sp³-hybridized carbons (Fsp3) is 0.294. The lowest BCUT2D eigenvalue weighted by Gasteiger charge is -2.43. The molecule has 1 saturated heterocycles. The first-order chi connectivity index (χ1) is 12.3. The molecule has 0 aliphatic carbocycles. The van der Waals surface area contributed by atoms with Crippen molar-refractivity contribution in [3.05, 3.63) is 48.5 Å². The van der Waals surface area contributed by atoms with Crippen LogP contribution in [0.5, 0.6) is 0 Å². The Bertz CT molecular complexity index is 953. The monoisotopic (exact) mass is 334 g/mol. The summed E-state index contributed by atoms with van der Waals surface area (Å²) in [5.74, 6) is 0. The Balaban J connectivity index is 1.55. The molecule has 0 unspecified atom stereocenters. The summed E-state index contributed by atoms with van der Waals surface area (Å²) in [7, 11) is 0. The molecule has 4 aromatic rings. The molecule has 5 rings (SSSR count). The second kappa shape index (κ2) is 5.44. The fourth-order valence-electron chi connectivity index (χ4n) is 3.52. The molecule has 1 aliphatic rings. The van der Waals surface area contributed by atoms with Crippen molar-refractivity contribution in [2.75, 3.05) is 23.1 Å². The highest BCUT2D eigenvalue weighted by molar-refractivity contribution is 5.75. The maximum absolute atomic E-state index is 4.37. The van der Waals surface area contributed by atoms with Gasteiger partial charge >= 0.3 is 0 Å². The molecule has 0 atom stereocenters. The third-order valence-electron chi connectivity index (χ3n) is 4.79. The van der Waals surface area contributed by atoms with Gasteiger partial charge in [0.1, 0.15) is 28.2 Å². The molecule has 25 heavy (non-hydrogen) atoms. The quantitative estimate of drug-likeness (QED) is 0.553. The van der Waals surface area contributed by atoms with Gasteiger partial charge in [0.15, 0.2) is 0 Å². The Morgan fingerprint density at radius 1 is 0.760 bits per heavy atom. The predicted octanol–water partition coefficient (Wildman–Crippen LogP) is 1.50.